The molecule has 5 nitrogen and oxygen atoms in total. The number of amides is 2. The molecule has 2 atom stereocenters. The van der Waals surface area contributed by atoms with Crippen molar-refractivity contribution in [3.8, 4) is 11.3 Å². The summed E-state index contributed by atoms with van der Waals surface area (Å²) >= 11 is 4.85. The number of thiazole rings is 1. The highest BCUT2D eigenvalue weighted by Gasteiger charge is 2.44. The predicted molar refractivity (Wildman–Crippen MR) is 115 cm³/mol. The Morgan fingerprint density at radius 1 is 1.07 bits per heavy atom. The maximum absolute atomic E-state index is 12.5. The van der Waals surface area contributed by atoms with E-state index in [2.05, 4.69) is 43.7 Å². The Kier molecular flexibility index (Phi) is 5.28. The Labute approximate surface area is 175 Å². The van der Waals surface area contributed by atoms with Crippen LogP contribution in [0.2, 0.25) is 0 Å². The van der Waals surface area contributed by atoms with Gasteiger partial charge < -0.3 is 10.6 Å². The molecule has 1 heterocycles. The first-order chi connectivity index (χ1) is 13.5. The molecule has 2 aromatic carbocycles. The van der Waals surface area contributed by atoms with Gasteiger partial charge in [-0.05, 0) is 42.2 Å². The van der Waals surface area contributed by atoms with Gasteiger partial charge in [0.05, 0.1) is 5.69 Å². The van der Waals surface area contributed by atoms with Gasteiger partial charge in [0.1, 0.15) is 0 Å². The van der Waals surface area contributed by atoms with Crippen molar-refractivity contribution in [2.45, 2.75) is 19.3 Å². The molecule has 1 fully saturated rings. The van der Waals surface area contributed by atoms with Crippen LogP contribution >= 0.6 is 27.3 Å². The average Bonchev–Trinajstić information content (AvgIpc) is 3.34. The second-order valence-electron chi connectivity index (χ2n) is 6.79. The highest BCUT2D eigenvalue weighted by molar-refractivity contribution is 9.10. The Bertz CT molecular complexity index is 1010. The van der Waals surface area contributed by atoms with Gasteiger partial charge in [-0.2, -0.15) is 0 Å². The van der Waals surface area contributed by atoms with E-state index >= 15 is 0 Å². The third-order valence-corrected chi connectivity index (χ3v) is 5.95. The maximum atomic E-state index is 12.5. The molecular formula is C21H18BrN3O2S. The number of nitrogens with zero attached hydrogens (tertiary/aromatic N) is 1. The van der Waals surface area contributed by atoms with Gasteiger partial charge >= 0.3 is 0 Å². The monoisotopic (exact) mass is 455 g/mol. The highest BCUT2D eigenvalue weighted by Crippen LogP contribution is 2.48. The molecule has 3 aromatic rings. The number of carbonyl (C=O) groups excluding carboxylic acids is 2. The summed E-state index contributed by atoms with van der Waals surface area (Å²) in [4.78, 5) is 28.1. The van der Waals surface area contributed by atoms with E-state index in [1.807, 2.05) is 41.8 Å². The van der Waals surface area contributed by atoms with E-state index in [4.69, 9.17) is 0 Å². The van der Waals surface area contributed by atoms with Gasteiger partial charge in [-0.25, -0.2) is 4.98 Å². The zero-order chi connectivity index (χ0) is 19.7. The molecule has 4 rings (SSSR count). The lowest BCUT2D eigenvalue weighted by atomic mass is 10.1. The highest BCUT2D eigenvalue weighted by atomic mass is 79.9. The van der Waals surface area contributed by atoms with Crippen molar-refractivity contribution < 1.29 is 9.59 Å². The Morgan fingerprint density at radius 3 is 2.46 bits per heavy atom. The summed E-state index contributed by atoms with van der Waals surface area (Å²) in [5, 5.41) is 8.21. The molecule has 2 amide bonds. The molecule has 0 aliphatic heterocycles. The summed E-state index contributed by atoms with van der Waals surface area (Å²) in [5.41, 5.74) is 3.68. The lowest BCUT2D eigenvalue weighted by molar-refractivity contribution is -0.117. The van der Waals surface area contributed by atoms with Gasteiger partial charge in [0.2, 0.25) is 11.8 Å². The van der Waals surface area contributed by atoms with Crippen LogP contribution in [0, 0.1) is 5.92 Å². The number of benzene rings is 2. The minimum Gasteiger partial charge on any atom is -0.326 e. The number of rotatable bonds is 5. The third-order valence-electron chi connectivity index (χ3n) is 4.66. The first kappa shape index (κ1) is 18.8. The molecule has 1 aliphatic carbocycles. The summed E-state index contributed by atoms with van der Waals surface area (Å²) in [5.74, 6) is 0.210. The number of carbonyl (C=O) groups is 2. The van der Waals surface area contributed by atoms with Crippen molar-refractivity contribution in [3.63, 3.8) is 0 Å². The Hall–Kier alpha value is -2.51. The van der Waals surface area contributed by atoms with Gasteiger partial charge in [0.25, 0.3) is 0 Å². The van der Waals surface area contributed by atoms with E-state index < -0.39 is 0 Å². The largest absolute Gasteiger partial charge is 0.326 e. The van der Waals surface area contributed by atoms with E-state index in [9.17, 15) is 9.59 Å². The molecular weight excluding hydrogens is 438 g/mol. The Balaban J connectivity index is 1.38. The van der Waals surface area contributed by atoms with Crippen molar-refractivity contribution in [3.05, 3.63) is 63.9 Å². The molecule has 1 saturated carbocycles. The Morgan fingerprint density at radius 2 is 1.79 bits per heavy atom. The number of aromatic nitrogens is 1. The smallest absolute Gasteiger partial charge is 0.229 e. The number of anilines is 2. The number of nitrogens with one attached hydrogen (secondary N) is 2. The van der Waals surface area contributed by atoms with Crippen molar-refractivity contribution >= 4 is 49.9 Å². The molecule has 0 saturated heterocycles. The van der Waals surface area contributed by atoms with Gasteiger partial charge in [0, 0.05) is 33.9 Å². The van der Waals surface area contributed by atoms with E-state index in [0.717, 1.165) is 27.8 Å². The molecule has 0 spiro atoms. The topological polar surface area (TPSA) is 71.1 Å². The van der Waals surface area contributed by atoms with Gasteiger partial charge in [-0.3, -0.25) is 9.59 Å². The maximum Gasteiger partial charge on any atom is 0.229 e. The first-order valence-corrected chi connectivity index (χ1v) is 10.6. The van der Waals surface area contributed by atoms with E-state index in [1.165, 1.54) is 23.8 Å². The van der Waals surface area contributed by atoms with Crippen LogP contribution in [0.4, 0.5) is 10.8 Å². The fourth-order valence-corrected chi connectivity index (χ4v) is 4.14. The lowest BCUT2D eigenvalue weighted by Gasteiger charge is -2.03. The van der Waals surface area contributed by atoms with Crippen LogP contribution in [0.15, 0.2) is 58.4 Å². The predicted octanol–water partition coefficient (Wildman–Crippen LogP) is 5.27. The SMILES string of the molecule is CC(=O)Nc1ccc(-c2csc(NC(=O)C3CC3c3ccc(Br)cc3)n2)cc1. The molecule has 28 heavy (non-hydrogen) atoms. The molecule has 2 N–H and O–H groups in total. The summed E-state index contributed by atoms with van der Waals surface area (Å²) in [6.45, 7) is 1.48. The second kappa shape index (κ2) is 7.85. The van der Waals surface area contributed by atoms with Crippen molar-refractivity contribution in [1.82, 2.24) is 4.98 Å². The molecule has 7 heteroatoms. The number of hydrogen-bond acceptors (Lipinski definition) is 4. The van der Waals surface area contributed by atoms with Crippen molar-refractivity contribution in [1.29, 1.82) is 0 Å². The number of halogens is 1. The number of hydrogen-bond donors (Lipinski definition) is 2. The fraction of sp³-hybridized carbons (Fsp3) is 0.190. The molecule has 1 aliphatic rings. The summed E-state index contributed by atoms with van der Waals surface area (Å²) in [6.07, 6.45) is 0.871. The van der Waals surface area contributed by atoms with Crippen LogP contribution in [-0.4, -0.2) is 16.8 Å². The molecule has 142 valence electrons. The normalized spacial score (nSPS) is 17.8. The van der Waals surface area contributed by atoms with Crippen LogP contribution in [0.25, 0.3) is 11.3 Å². The fourth-order valence-electron chi connectivity index (χ4n) is 3.15. The summed E-state index contributed by atoms with van der Waals surface area (Å²) < 4.78 is 1.04. The van der Waals surface area contributed by atoms with E-state index in [0.29, 0.717) is 5.13 Å². The average molecular weight is 456 g/mol. The summed E-state index contributed by atoms with van der Waals surface area (Å²) in [7, 11) is 0. The molecule has 0 radical (unpaired) electrons. The minimum absolute atomic E-state index is 0.00506. The van der Waals surface area contributed by atoms with Gasteiger partial charge in [-0.15, -0.1) is 11.3 Å². The zero-order valence-electron chi connectivity index (χ0n) is 15.1. The first-order valence-electron chi connectivity index (χ1n) is 8.89. The third kappa shape index (κ3) is 4.31. The standard InChI is InChI=1S/C21H18BrN3O2S/c1-12(26)23-16-8-4-14(5-9-16)19-11-28-21(24-19)25-20(27)18-10-17(18)13-2-6-15(22)7-3-13/h2-9,11,17-18H,10H2,1H3,(H,23,26)(H,24,25,27). The van der Waals surface area contributed by atoms with Crippen LogP contribution in [0.5, 0.6) is 0 Å². The lowest BCUT2D eigenvalue weighted by Crippen LogP contribution is -2.14. The molecule has 1 aromatic heterocycles. The molecule has 0 bridgehead atoms. The second-order valence-corrected chi connectivity index (χ2v) is 8.56. The van der Waals surface area contributed by atoms with E-state index in [1.54, 1.807) is 0 Å². The zero-order valence-corrected chi connectivity index (χ0v) is 17.5. The van der Waals surface area contributed by atoms with Crippen LogP contribution in [0.3, 0.4) is 0 Å². The van der Waals surface area contributed by atoms with E-state index in [-0.39, 0.29) is 23.7 Å². The van der Waals surface area contributed by atoms with Gasteiger partial charge in [-0.1, -0.05) is 40.2 Å². The van der Waals surface area contributed by atoms with Gasteiger partial charge in [0.15, 0.2) is 5.13 Å². The van der Waals surface area contributed by atoms with Crippen molar-refractivity contribution in [2.75, 3.05) is 10.6 Å². The van der Waals surface area contributed by atoms with Crippen LogP contribution in [-0.2, 0) is 9.59 Å². The van der Waals surface area contributed by atoms with Crippen molar-refractivity contribution in [2.24, 2.45) is 5.92 Å². The van der Waals surface area contributed by atoms with Crippen LogP contribution < -0.4 is 10.6 Å². The summed E-state index contributed by atoms with van der Waals surface area (Å²) in [6, 6.07) is 15.6. The minimum atomic E-state index is -0.104. The molecule has 2 unspecified atom stereocenters. The van der Waals surface area contributed by atoms with Crippen LogP contribution in [0.1, 0.15) is 24.8 Å². The quantitative estimate of drug-likeness (QED) is 0.549.